The maximum absolute atomic E-state index is 12.2. The molecule has 2 heterocycles. The molecule has 0 radical (unpaired) electrons. The molecule has 2 N–H and O–H groups in total. The van der Waals surface area contributed by atoms with Gasteiger partial charge in [-0.25, -0.2) is 8.42 Å². The van der Waals surface area contributed by atoms with Crippen LogP contribution in [0.4, 0.5) is 0 Å². The van der Waals surface area contributed by atoms with E-state index in [1.165, 1.54) is 17.9 Å². The summed E-state index contributed by atoms with van der Waals surface area (Å²) < 4.78 is 28.2. The van der Waals surface area contributed by atoms with Gasteiger partial charge in [0.25, 0.3) is 5.91 Å². The minimum absolute atomic E-state index is 0.0540. The minimum atomic E-state index is -3.08. The van der Waals surface area contributed by atoms with E-state index in [0.29, 0.717) is 4.67 Å². The third kappa shape index (κ3) is 5.56. The smallest absolute Gasteiger partial charge is 0.287 e. The zero-order valence-electron chi connectivity index (χ0n) is 13.5. The number of hydrogen-bond acceptors (Lipinski definition) is 6. The van der Waals surface area contributed by atoms with Crippen LogP contribution < -0.4 is 10.6 Å². The maximum Gasteiger partial charge on any atom is 0.287 e. The first-order valence-corrected chi connectivity index (χ1v) is 10.1. The van der Waals surface area contributed by atoms with Crippen LogP contribution in [0.3, 0.4) is 0 Å². The Morgan fingerprint density at radius 3 is 2.48 bits per heavy atom. The number of amides is 3. The Labute approximate surface area is 153 Å². The van der Waals surface area contributed by atoms with E-state index < -0.39 is 27.7 Å². The molecule has 2 rings (SSSR count). The Hall–Kier alpha value is -1.88. The molecule has 11 heteroatoms. The van der Waals surface area contributed by atoms with Gasteiger partial charge in [-0.1, -0.05) is 0 Å². The van der Waals surface area contributed by atoms with Crippen molar-refractivity contribution in [2.24, 2.45) is 0 Å². The summed E-state index contributed by atoms with van der Waals surface area (Å²) >= 11 is 3.07. The zero-order valence-corrected chi connectivity index (χ0v) is 15.9. The fraction of sp³-hybridized carbons (Fsp3) is 0.500. The predicted octanol–water partition coefficient (Wildman–Crippen LogP) is -0.466. The maximum atomic E-state index is 12.2. The van der Waals surface area contributed by atoms with Gasteiger partial charge in [0.05, 0.1) is 18.1 Å². The summed E-state index contributed by atoms with van der Waals surface area (Å²) in [5, 5.41) is 4.85. The van der Waals surface area contributed by atoms with Crippen molar-refractivity contribution in [3.63, 3.8) is 0 Å². The highest BCUT2D eigenvalue weighted by Crippen LogP contribution is 2.13. The van der Waals surface area contributed by atoms with Crippen molar-refractivity contribution >= 4 is 43.5 Å². The highest BCUT2D eigenvalue weighted by molar-refractivity contribution is 9.10. The molecule has 1 unspecified atom stereocenters. The lowest BCUT2D eigenvalue weighted by molar-refractivity contribution is -0.135. The normalized spacial score (nSPS) is 17.6. The number of rotatable bonds is 5. The van der Waals surface area contributed by atoms with Gasteiger partial charge in [0.15, 0.2) is 20.3 Å². The van der Waals surface area contributed by atoms with Crippen LogP contribution in [-0.4, -0.2) is 68.2 Å². The number of carbonyl (C=O) groups excluding carboxylic acids is 3. The van der Waals surface area contributed by atoms with E-state index in [2.05, 4.69) is 26.6 Å². The van der Waals surface area contributed by atoms with Gasteiger partial charge in [-0.2, -0.15) is 0 Å². The van der Waals surface area contributed by atoms with Crippen LogP contribution in [0, 0.1) is 0 Å². The molecule has 25 heavy (non-hydrogen) atoms. The van der Waals surface area contributed by atoms with E-state index in [9.17, 15) is 22.8 Å². The van der Waals surface area contributed by atoms with Gasteiger partial charge in [0.2, 0.25) is 11.8 Å². The van der Waals surface area contributed by atoms with Crippen LogP contribution in [0.15, 0.2) is 21.2 Å². The molecule has 0 bridgehead atoms. The first-order chi connectivity index (χ1) is 11.7. The second kappa shape index (κ2) is 8.00. The van der Waals surface area contributed by atoms with Crippen LogP contribution in [-0.2, 0) is 19.4 Å². The molecule has 9 nitrogen and oxygen atoms in total. The van der Waals surface area contributed by atoms with Crippen molar-refractivity contribution in [3.05, 3.63) is 22.6 Å². The van der Waals surface area contributed by atoms with Crippen LogP contribution >= 0.6 is 15.9 Å². The van der Waals surface area contributed by atoms with Gasteiger partial charge >= 0.3 is 0 Å². The van der Waals surface area contributed by atoms with E-state index in [-0.39, 0.29) is 42.8 Å². The Bertz CT molecular complexity index is 761. The molecule has 138 valence electrons. The molecule has 1 saturated heterocycles. The van der Waals surface area contributed by atoms with Gasteiger partial charge in [-0.15, -0.1) is 0 Å². The summed E-state index contributed by atoms with van der Waals surface area (Å²) in [6.07, 6.45) is 0. The molecular formula is C14H18BrN3O6S. The molecular weight excluding hydrogens is 418 g/mol. The third-order valence-corrected chi connectivity index (χ3v) is 5.65. The van der Waals surface area contributed by atoms with Gasteiger partial charge < -0.3 is 20.0 Å². The van der Waals surface area contributed by atoms with Crippen molar-refractivity contribution < 1.29 is 27.2 Å². The number of nitrogens with one attached hydrogen (secondary N) is 2. The predicted molar refractivity (Wildman–Crippen MR) is 91.6 cm³/mol. The average molecular weight is 436 g/mol. The molecule has 1 atom stereocenters. The standard InChI is InChI=1S/C14H18BrN3O6S/c1-9(14(21)18-4-6-25(22,23)7-5-18)17-12(19)8-16-13(20)10-2-3-11(15)24-10/h2-3,9H,4-8H2,1H3,(H,16,20)(H,17,19). The highest BCUT2D eigenvalue weighted by atomic mass is 79.9. The molecule has 0 aliphatic carbocycles. The molecule has 3 amide bonds. The Balaban J connectivity index is 1.77. The van der Waals surface area contributed by atoms with E-state index >= 15 is 0 Å². The largest absolute Gasteiger partial charge is 0.444 e. The monoisotopic (exact) mass is 435 g/mol. The summed E-state index contributed by atoms with van der Waals surface area (Å²) in [5.41, 5.74) is 0. The topological polar surface area (TPSA) is 126 Å². The molecule has 1 fully saturated rings. The first-order valence-electron chi connectivity index (χ1n) is 7.50. The molecule has 1 aromatic rings. The van der Waals surface area contributed by atoms with E-state index in [4.69, 9.17) is 4.42 Å². The summed E-state index contributed by atoms with van der Waals surface area (Å²) in [7, 11) is -3.08. The van der Waals surface area contributed by atoms with Crippen molar-refractivity contribution in [1.82, 2.24) is 15.5 Å². The Morgan fingerprint density at radius 1 is 1.28 bits per heavy atom. The van der Waals surface area contributed by atoms with Crippen LogP contribution in [0.5, 0.6) is 0 Å². The Morgan fingerprint density at radius 2 is 1.92 bits per heavy atom. The van der Waals surface area contributed by atoms with Crippen molar-refractivity contribution in [3.8, 4) is 0 Å². The zero-order chi connectivity index (χ0) is 18.6. The lowest BCUT2D eigenvalue weighted by Gasteiger charge is -2.29. The van der Waals surface area contributed by atoms with Gasteiger partial charge in [-0.3, -0.25) is 14.4 Å². The van der Waals surface area contributed by atoms with Gasteiger partial charge in [0, 0.05) is 13.1 Å². The molecule has 1 aromatic heterocycles. The van der Waals surface area contributed by atoms with Crippen molar-refractivity contribution in [2.45, 2.75) is 13.0 Å². The second-order valence-electron chi connectivity index (χ2n) is 5.55. The third-order valence-electron chi connectivity index (χ3n) is 3.61. The summed E-state index contributed by atoms with van der Waals surface area (Å²) in [4.78, 5) is 37.2. The SMILES string of the molecule is CC(NC(=O)CNC(=O)c1ccc(Br)o1)C(=O)N1CCS(=O)(=O)CC1. The van der Waals surface area contributed by atoms with Gasteiger partial charge in [0.1, 0.15) is 6.04 Å². The fourth-order valence-corrected chi connectivity index (χ4v) is 3.75. The fourth-order valence-electron chi connectivity index (χ4n) is 2.24. The summed E-state index contributed by atoms with van der Waals surface area (Å²) in [6, 6.07) is 2.19. The van der Waals surface area contributed by atoms with E-state index in [1.807, 2.05) is 0 Å². The van der Waals surface area contributed by atoms with Crippen LogP contribution in [0.1, 0.15) is 17.5 Å². The van der Waals surface area contributed by atoms with E-state index in [1.54, 1.807) is 6.07 Å². The number of sulfone groups is 1. The molecule has 1 aliphatic heterocycles. The van der Waals surface area contributed by atoms with Crippen molar-refractivity contribution in [1.29, 1.82) is 0 Å². The number of carbonyl (C=O) groups is 3. The molecule has 0 saturated carbocycles. The van der Waals surface area contributed by atoms with Crippen LogP contribution in [0.2, 0.25) is 0 Å². The number of halogens is 1. The lowest BCUT2D eigenvalue weighted by Crippen LogP contribution is -2.52. The molecule has 0 aromatic carbocycles. The molecule has 0 spiro atoms. The highest BCUT2D eigenvalue weighted by Gasteiger charge is 2.28. The first kappa shape index (κ1) is 19.4. The quantitative estimate of drug-likeness (QED) is 0.643. The molecule has 1 aliphatic rings. The summed E-state index contributed by atoms with van der Waals surface area (Å²) in [5.74, 6) is -1.55. The Kier molecular flexibility index (Phi) is 6.22. The van der Waals surface area contributed by atoms with Crippen molar-refractivity contribution in [2.75, 3.05) is 31.1 Å². The number of nitrogens with zero attached hydrogens (tertiary/aromatic N) is 1. The minimum Gasteiger partial charge on any atom is -0.444 e. The number of hydrogen-bond donors (Lipinski definition) is 2. The summed E-state index contributed by atoms with van der Waals surface area (Å²) in [6.45, 7) is 1.43. The second-order valence-corrected chi connectivity index (χ2v) is 8.64. The van der Waals surface area contributed by atoms with Crippen LogP contribution in [0.25, 0.3) is 0 Å². The average Bonchev–Trinajstić information content (AvgIpc) is 2.98. The lowest BCUT2D eigenvalue weighted by atomic mass is 10.2. The van der Waals surface area contributed by atoms with E-state index in [0.717, 1.165) is 0 Å². The number of furan rings is 1. The van der Waals surface area contributed by atoms with Gasteiger partial charge in [-0.05, 0) is 35.0 Å².